The lowest BCUT2D eigenvalue weighted by atomic mass is 10.3. The maximum Gasteiger partial charge on any atom is 0.191 e. The normalized spacial score (nSPS) is 10.9. The Balaban J connectivity index is 0.00000256. The molecule has 2 N–H and O–H groups in total. The molecule has 0 unspecified atom stereocenters. The van der Waals surface area contributed by atoms with Crippen molar-refractivity contribution in [2.24, 2.45) is 4.99 Å². The van der Waals surface area contributed by atoms with Crippen LogP contribution in [0.2, 0.25) is 0 Å². The molecule has 3 nitrogen and oxygen atoms in total. The van der Waals surface area contributed by atoms with Crippen molar-refractivity contribution in [1.82, 2.24) is 10.6 Å². The number of hydrogen-bond donors (Lipinski definition) is 2. The average Bonchev–Trinajstić information content (AvgIpc) is 2.69. The van der Waals surface area contributed by atoms with Crippen molar-refractivity contribution in [3.8, 4) is 0 Å². The van der Waals surface area contributed by atoms with Crippen LogP contribution < -0.4 is 10.6 Å². The van der Waals surface area contributed by atoms with Gasteiger partial charge in [-0.2, -0.15) is 0 Å². The highest BCUT2D eigenvalue weighted by molar-refractivity contribution is 14.0. The molecule has 5 heteroatoms. The Morgan fingerprint density at radius 3 is 2.71 bits per heavy atom. The van der Waals surface area contributed by atoms with Crippen LogP contribution in [-0.4, -0.2) is 19.6 Å². The fraction of sp³-hybridized carbons (Fsp3) is 0.583. The molecule has 1 heterocycles. The first-order valence-corrected chi connectivity index (χ1v) is 6.63. The number of nitrogens with zero attached hydrogens (tertiary/aromatic N) is 1. The summed E-state index contributed by atoms with van der Waals surface area (Å²) in [6.45, 7) is 6.17. The van der Waals surface area contributed by atoms with Crippen LogP contribution in [0.25, 0.3) is 0 Å². The minimum Gasteiger partial charge on any atom is -0.356 e. The molecule has 0 aromatic carbocycles. The van der Waals surface area contributed by atoms with E-state index in [9.17, 15) is 0 Å². The molecule has 0 bridgehead atoms. The van der Waals surface area contributed by atoms with Crippen molar-refractivity contribution in [1.29, 1.82) is 0 Å². The molecule has 1 aromatic rings. The van der Waals surface area contributed by atoms with E-state index in [2.05, 4.69) is 40.9 Å². The summed E-state index contributed by atoms with van der Waals surface area (Å²) in [6, 6.07) is 2.15. The predicted molar refractivity (Wildman–Crippen MR) is 87.6 cm³/mol. The molecule has 0 saturated carbocycles. The van der Waals surface area contributed by atoms with Gasteiger partial charge in [0.05, 0.1) is 6.54 Å². The number of aliphatic imine (C=N–C) groups is 1. The highest BCUT2D eigenvalue weighted by Gasteiger charge is 2.01. The number of hydrogen-bond acceptors (Lipinski definition) is 2. The SMILES string of the molecule is CCCCNC(=NC)NCc1sccc1C.I. The largest absolute Gasteiger partial charge is 0.356 e. The van der Waals surface area contributed by atoms with Crippen LogP contribution in [-0.2, 0) is 6.54 Å². The van der Waals surface area contributed by atoms with Crippen LogP contribution in [0, 0.1) is 6.92 Å². The van der Waals surface area contributed by atoms with E-state index in [1.165, 1.54) is 23.3 Å². The Morgan fingerprint density at radius 1 is 1.41 bits per heavy atom. The Bertz CT molecular complexity index is 336. The number of unbranched alkanes of at least 4 members (excludes halogenated alkanes) is 1. The van der Waals surface area contributed by atoms with Gasteiger partial charge < -0.3 is 10.6 Å². The van der Waals surface area contributed by atoms with Gasteiger partial charge in [0, 0.05) is 18.5 Å². The molecule has 0 aliphatic rings. The van der Waals surface area contributed by atoms with E-state index >= 15 is 0 Å². The highest BCUT2D eigenvalue weighted by Crippen LogP contribution is 2.14. The molecule has 0 atom stereocenters. The van der Waals surface area contributed by atoms with Crippen LogP contribution in [0.3, 0.4) is 0 Å². The van der Waals surface area contributed by atoms with Crippen molar-refractivity contribution in [3.05, 3.63) is 21.9 Å². The zero-order valence-electron chi connectivity index (χ0n) is 10.7. The quantitative estimate of drug-likeness (QED) is 0.363. The van der Waals surface area contributed by atoms with Gasteiger partial charge in [-0.15, -0.1) is 35.3 Å². The maximum atomic E-state index is 4.19. The molecule has 1 rings (SSSR count). The van der Waals surface area contributed by atoms with Gasteiger partial charge in [-0.25, -0.2) is 0 Å². The van der Waals surface area contributed by atoms with Gasteiger partial charge in [0.1, 0.15) is 0 Å². The third-order valence-electron chi connectivity index (χ3n) is 2.43. The van der Waals surface area contributed by atoms with Gasteiger partial charge >= 0.3 is 0 Å². The van der Waals surface area contributed by atoms with E-state index in [1.807, 2.05) is 7.05 Å². The lowest BCUT2D eigenvalue weighted by Gasteiger charge is -2.11. The van der Waals surface area contributed by atoms with Gasteiger partial charge in [-0.05, 0) is 30.4 Å². The maximum absolute atomic E-state index is 4.19. The zero-order chi connectivity index (χ0) is 11.8. The second-order valence-electron chi connectivity index (χ2n) is 3.73. The Labute approximate surface area is 125 Å². The predicted octanol–water partition coefficient (Wildman–Crippen LogP) is 3.14. The molecule has 1 aromatic heterocycles. The lowest BCUT2D eigenvalue weighted by molar-refractivity contribution is 0.730. The second kappa shape index (κ2) is 9.70. The fourth-order valence-electron chi connectivity index (χ4n) is 1.35. The van der Waals surface area contributed by atoms with Gasteiger partial charge in [0.2, 0.25) is 0 Å². The third-order valence-corrected chi connectivity index (χ3v) is 3.45. The van der Waals surface area contributed by atoms with Gasteiger partial charge in [0.25, 0.3) is 0 Å². The fourth-order valence-corrected chi connectivity index (χ4v) is 2.20. The molecule has 0 aliphatic heterocycles. The van der Waals surface area contributed by atoms with Crippen molar-refractivity contribution < 1.29 is 0 Å². The van der Waals surface area contributed by atoms with Gasteiger partial charge in [-0.3, -0.25) is 4.99 Å². The molecule has 98 valence electrons. The monoisotopic (exact) mass is 367 g/mol. The lowest BCUT2D eigenvalue weighted by Crippen LogP contribution is -2.37. The minimum atomic E-state index is 0. The molecular formula is C12H22IN3S. The average molecular weight is 367 g/mol. The number of rotatable bonds is 5. The van der Waals surface area contributed by atoms with E-state index < -0.39 is 0 Å². The molecule has 0 fully saturated rings. The number of thiophene rings is 1. The summed E-state index contributed by atoms with van der Waals surface area (Å²) < 4.78 is 0. The molecule has 17 heavy (non-hydrogen) atoms. The first-order valence-electron chi connectivity index (χ1n) is 5.75. The highest BCUT2D eigenvalue weighted by atomic mass is 127. The first-order chi connectivity index (χ1) is 7.77. The van der Waals surface area contributed by atoms with E-state index in [0.717, 1.165) is 19.0 Å². The number of aryl methyl sites for hydroxylation is 1. The standard InChI is InChI=1S/C12H21N3S.HI/c1-4-5-7-14-12(13-3)15-9-11-10(2)6-8-16-11;/h6,8H,4-5,7,9H2,1-3H3,(H2,13,14,15);1H. The van der Waals surface area contributed by atoms with Crippen LogP contribution in [0.1, 0.15) is 30.2 Å². The first kappa shape index (κ1) is 16.7. The minimum absolute atomic E-state index is 0. The molecule has 0 aliphatic carbocycles. The van der Waals surface area contributed by atoms with Crippen molar-refractivity contribution in [3.63, 3.8) is 0 Å². The second-order valence-corrected chi connectivity index (χ2v) is 4.73. The summed E-state index contributed by atoms with van der Waals surface area (Å²) in [5.74, 6) is 0.890. The van der Waals surface area contributed by atoms with Crippen LogP contribution >= 0.6 is 35.3 Å². The van der Waals surface area contributed by atoms with Crippen molar-refractivity contribution in [2.75, 3.05) is 13.6 Å². The number of guanidine groups is 1. The van der Waals surface area contributed by atoms with Gasteiger partial charge in [-0.1, -0.05) is 13.3 Å². The molecule has 0 saturated heterocycles. The zero-order valence-corrected chi connectivity index (χ0v) is 13.9. The van der Waals surface area contributed by atoms with E-state index in [-0.39, 0.29) is 24.0 Å². The van der Waals surface area contributed by atoms with Crippen LogP contribution in [0.5, 0.6) is 0 Å². The van der Waals surface area contributed by atoms with Crippen molar-refractivity contribution in [2.45, 2.75) is 33.2 Å². The number of nitrogens with one attached hydrogen (secondary N) is 2. The Hall–Kier alpha value is -0.300. The molecule has 0 spiro atoms. The number of halogens is 1. The van der Waals surface area contributed by atoms with E-state index in [1.54, 1.807) is 11.3 Å². The summed E-state index contributed by atoms with van der Waals surface area (Å²) in [6.07, 6.45) is 2.38. The van der Waals surface area contributed by atoms with Crippen molar-refractivity contribution >= 4 is 41.3 Å². The Kier molecular flexibility index (Phi) is 9.53. The van der Waals surface area contributed by atoms with Crippen LogP contribution in [0.4, 0.5) is 0 Å². The molecule has 0 amide bonds. The summed E-state index contributed by atoms with van der Waals surface area (Å²) in [4.78, 5) is 5.56. The van der Waals surface area contributed by atoms with Crippen LogP contribution in [0.15, 0.2) is 16.4 Å². The molecule has 0 radical (unpaired) electrons. The summed E-state index contributed by atoms with van der Waals surface area (Å²) in [7, 11) is 1.81. The van der Waals surface area contributed by atoms with E-state index in [0.29, 0.717) is 0 Å². The van der Waals surface area contributed by atoms with Gasteiger partial charge in [0.15, 0.2) is 5.96 Å². The molecular weight excluding hydrogens is 345 g/mol. The summed E-state index contributed by atoms with van der Waals surface area (Å²) in [5, 5.41) is 8.74. The summed E-state index contributed by atoms with van der Waals surface area (Å²) >= 11 is 1.79. The third kappa shape index (κ3) is 6.26. The Morgan fingerprint density at radius 2 is 2.18 bits per heavy atom. The topological polar surface area (TPSA) is 36.4 Å². The summed E-state index contributed by atoms with van der Waals surface area (Å²) in [5.41, 5.74) is 1.35. The smallest absolute Gasteiger partial charge is 0.191 e. The van der Waals surface area contributed by atoms with E-state index in [4.69, 9.17) is 0 Å².